The fraction of sp³-hybridized carbons (Fsp3) is 0.938. The molecule has 2 fully saturated rings. The number of hydrogen-bond donors (Lipinski definition) is 1. The Kier molecular flexibility index (Phi) is 5.42. The van der Waals surface area contributed by atoms with Gasteiger partial charge in [-0.15, -0.1) is 0 Å². The lowest BCUT2D eigenvalue weighted by Crippen LogP contribution is -2.51. The van der Waals surface area contributed by atoms with Crippen LogP contribution in [0, 0.1) is 17.2 Å². The Morgan fingerprint density at radius 2 is 2.25 bits per heavy atom. The van der Waals surface area contributed by atoms with Crippen LogP contribution in [0.5, 0.6) is 0 Å². The van der Waals surface area contributed by atoms with Crippen molar-refractivity contribution in [1.29, 1.82) is 5.26 Å². The van der Waals surface area contributed by atoms with Crippen molar-refractivity contribution in [2.45, 2.75) is 63.6 Å². The van der Waals surface area contributed by atoms with E-state index in [2.05, 4.69) is 37.2 Å². The molecule has 1 aliphatic carbocycles. The molecule has 0 amide bonds. The first kappa shape index (κ1) is 15.8. The monoisotopic (exact) mass is 279 g/mol. The maximum absolute atomic E-state index is 9.67. The Hall–Kier alpha value is -0.630. The molecule has 0 aromatic carbocycles. The zero-order valence-corrected chi connectivity index (χ0v) is 13.2. The van der Waals surface area contributed by atoms with Crippen molar-refractivity contribution in [3.8, 4) is 6.07 Å². The molecule has 114 valence electrons. The van der Waals surface area contributed by atoms with E-state index in [1.54, 1.807) is 0 Å². The van der Waals surface area contributed by atoms with Crippen LogP contribution in [0.1, 0.15) is 46.0 Å². The van der Waals surface area contributed by atoms with Gasteiger partial charge in [0.25, 0.3) is 0 Å². The maximum Gasteiger partial charge on any atom is 0.109 e. The first-order chi connectivity index (χ1) is 9.57. The standard InChI is InChI=1S/C16H29N3O/c1-13(2)18-16(12-17)8-4-5-14(16)6-9-19(3)15-7-10-20-11-15/h13-15,18H,4-11H2,1-3H3. The number of nitrogens with one attached hydrogen (secondary N) is 1. The Bertz CT molecular complexity index is 346. The highest BCUT2D eigenvalue weighted by Gasteiger charge is 2.43. The Morgan fingerprint density at radius 1 is 1.45 bits per heavy atom. The van der Waals surface area contributed by atoms with Gasteiger partial charge in [-0.3, -0.25) is 5.32 Å². The molecule has 0 radical (unpaired) electrons. The topological polar surface area (TPSA) is 48.3 Å². The molecule has 4 nitrogen and oxygen atoms in total. The molecule has 2 rings (SSSR count). The van der Waals surface area contributed by atoms with Crippen LogP contribution in [-0.4, -0.2) is 49.3 Å². The number of nitrogens with zero attached hydrogens (tertiary/aromatic N) is 2. The van der Waals surface area contributed by atoms with E-state index in [0.717, 1.165) is 39.0 Å². The van der Waals surface area contributed by atoms with Gasteiger partial charge in [-0.1, -0.05) is 6.42 Å². The number of rotatable bonds is 6. The van der Waals surface area contributed by atoms with Gasteiger partial charge in [0.15, 0.2) is 0 Å². The minimum Gasteiger partial charge on any atom is -0.380 e. The van der Waals surface area contributed by atoms with Gasteiger partial charge in [0.1, 0.15) is 5.54 Å². The molecular weight excluding hydrogens is 250 g/mol. The summed E-state index contributed by atoms with van der Waals surface area (Å²) in [6, 6.07) is 3.54. The van der Waals surface area contributed by atoms with Gasteiger partial charge in [-0.2, -0.15) is 5.26 Å². The third kappa shape index (κ3) is 3.52. The second-order valence-electron chi connectivity index (χ2n) is 6.76. The summed E-state index contributed by atoms with van der Waals surface area (Å²) in [5.41, 5.74) is -0.290. The fourth-order valence-electron chi connectivity index (χ4n) is 3.76. The van der Waals surface area contributed by atoms with Crippen LogP contribution in [0.25, 0.3) is 0 Å². The maximum atomic E-state index is 9.67. The predicted octanol–water partition coefficient (Wildman–Crippen LogP) is 2.16. The molecule has 1 saturated heterocycles. The molecule has 0 aromatic heterocycles. The average molecular weight is 279 g/mol. The summed E-state index contributed by atoms with van der Waals surface area (Å²) in [5.74, 6) is 0.486. The van der Waals surface area contributed by atoms with Crippen molar-refractivity contribution >= 4 is 0 Å². The summed E-state index contributed by atoms with van der Waals surface area (Å²) in [4.78, 5) is 2.42. The number of likely N-dealkylation sites (N-methyl/N-ethyl adjacent to an activating group) is 1. The summed E-state index contributed by atoms with van der Waals surface area (Å²) >= 11 is 0. The Morgan fingerprint density at radius 3 is 2.85 bits per heavy atom. The van der Waals surface area contributed by atoms with Crippen LogP contribution in [0.2, 0.25) is 0 Å². The number of ether oxygens (including phenoxy) is 1. The van der Waals surface area contributed by atoms with Gasteiger partial charge in [-0.25, -0.2) is 0 Å². The molecule has 0 bridgehead atoms. The Balaban J connectivity index is 1.88. The van der Waals surface area contributed by atoms with E-state index < -0.39 is 0 Å². The summed E-state index contributed by atoms with van der Waals surface area (Å²) in [6.45, 7) is 7.11. The molecule has 2 aliphatic rings. The summed E-state index contributed by atoms with van der Waals surface area (Å²) in [5, 5.41) is 13.2. The van der Waals surface area contributed by atoms with Crippen molar-refractivity contribution in [3.05, 3.63) is 0 Å². The fourth-order valence-corrected chi connectivity index (χ4v) is 3.76. The molecule has 0 spiro atoms. The summed E-state index contributed by atoms with van der Waals surface area (Å²) in [6.07, 6.45) is 5.62. The highest BCUT2D eigenvalue weighted by Crippen LogP contribution is 2.38. The van der Waals surface area contributed by atoms with Crippen molar-refractivity contribution in [2.24, 2.45) is 5.92 Å². The molecule has 3 atom stereocenters. The van der Waals surface area contributed by atoms with Crippen LogP contribution in [0.15, 0.2) is 0 Å². The smallest absolute Gasteiger partial charge is 0.109 e. The van der Waals surface area contributed by atoms with E-state index in [9.17, 15) is 5.26 Å². The minimum atomic E-state index is -0.290. The van der Waals surface area contributed by atoms with Gasteiger partial charge in [-0.05, 0) is 59.0 Å². The molecule has 20 heavy (non-hydrogen) atoms. The van der Waals surface area contributed by atoms with Crippen molar-refractivity contribution < 1.29 is 4.74 Å². The largest absolute Gasteiger partial charge is 0.380 e. The van der Waals surface area contributed by atoms with Gasteiger partial charge in [0, 0.05) is 18.7 Å². The first-order valence-electron chi connectivity index (χ1n) is 8.04. The van der Waals surface area contributed by atoms with E-state index in [4.69, 9.17) is 4.74 Å². The molecule has 3 unspecified atom stereocenters. The highest BCUT2D eigenvalue weighted by molar-refractivity contribution is 5.14. The highest BCUT2D eigenvalue weighted by atomic mass is 16.5. The van der Waals surface area contributed by atoms with Crippen LogP contribution in [0.3, 0.4) is 0 Å². The second-order valence-corrected chi connectivity index (χ2v) is 6.76. The third-order valence-corrected chi connectivity index (χ3v) is 4.93. The average Bonchev–Trinajstić information content (AvgIpc) is 3.05. The van der Waals surface area contributed by atoms with Gasteiger partial charge in [0.2, 0.25) is 0 Å². The number of nitriles is 1. The van der Waals surface area contributed by atoms with Crippen LogP contribution in [-0.2, 0) is 4.74 Å². The first-order valence-corrected chi connectivity index (χ1v) is 8.04. The van der Waals surface area contributed by atoms with E-state index in [0.29, 0.717) is 18.0 Å². The van der Waals surface area contributed by atoms with Crippen LogP contribution >= 0.6 is 0 Å². The lowest BCUT2D eigenvalue weighted by molar-refractivity contribution is 0.151. The van der Waals surface area contributed by atoms with E-state index in [-0.39, 0.29) is 5.54 Å². The Labute approximate surface area is 123 Å². The van der Waals surface area contributed by atoms with E-state index in [1.165, 1.54) is 12.8 Å². The molecular formula is C16H29N3O. The molecule has 1 aliphatic heterocycles. The lowest BCUT2D eigenvalue weighted by Gasteiger charge is -2.33. The van der Waals surface area contributed by atoms with Gasteiger partial charge < -0.3 is 9.64 Å². The molecule has 1 N–H and O–H groups in total. The summed E-state index contributed by atoms with van der Waals surface area (Å²) in [7, 11) is 2.19. The second kappa shape index (κ2) is 6.89. The zero-order chi connectivity index (χ0) is 14.6. The molecule has 1 heterocycles. The summed E-state index contributed by atoms with van der Waals surface area (Å²) < 4.78 is 5.46. The SMILES string of the molecule is CC(C)NC1(C#N)CCCC1CCN(C)C1CCOC1. The van der Waals surface area contributed by atoms with E-state index >= 15 is 0 Å². The number of hydrogen-bond acceptors (Lipinski definition) is 4. The van der Waals surface area contributed by atoms with Crippen molar-refractivity contribution in [3.63, 3.8) is 0 Å². The van der Waals surface area contributed by atoms with Crippen LogP contribution in [0.4, 0.5) is 0 Å². The zero-order valence-electron chi connectivity index (χ0n) is 13.2. The molecule has 0 aromatic rings. The van der Waals surface area contributed by atoms with Gasteiger partial charge >= 0.3 is 0 Å². The minimum absolute atomic E-state index is 0.290. The third-order valence-electron chi connectivity index (χ3n) is 4.93. The van der Waals surface area contributed by atoms with E-state index in [1.807, 2.05) is 0 Å². The predicted molar refractivity (Wildman–Crippen MR) is 80.4 cm³/mol. The van der Waals surface area contributed by atoms with Gasteiger partial charge in [0.05, 0.1) is 12.7 Å². The van der Waals surface area contributed by atoms with Crippen LogP contribution < -0.4 is 5.32 Å². The van der Waals surface area contributed by atoms with Crippen molar-refractivity contribution in [1.82, 2.24) is 10.2 Å². The molecule has 4 heteroatoms. The molecule has 1 saturated carbocycles. The normalized spacial score (nSPS) is 34.0. The van der Waals surface area contributed by atoms with Crippen molar-refractivity contribution in [2.75, 3.05) is 26.8 Å². The quantitative estimate of drug-likeness (QED) is 0.809. The lowest BCUT2D eigenvalue weighted by atomic mass is 9.85.